The lowest BCUT2D eigenvalue weighted by Crippen LogP contribution is -2.62. The molecule has 12 amide bonds. The minimum Gasteiger partial charge on any atom is -0.481 e. The summed E-state index contributed by atoms with van der Waals surface area (Å²) >= 11 is 1.35. The number of H-pyrrole nitrogens is 1. The summed E-state index contributed by atoms with van der Waals surface area (Å²) < 4.78 is 0. The van der Waals surface area contributed by atoms with Gasteiger partial charge in [0.25, 0.3) is 0 Å². The number of nitrogens with two attached hydrogens (primary N) is 3. The second-order valence-corrected chi connectivity index (χ2v) is 26.9. The van der Waals surface area contributed by atoms with Gasteiger partial charge >= 0.3 is 11.9 Å². The molecule has 0 aliphatic carbocycles. The highest BCUT2D eigenvalue weighted by Crippen LogP contribution is 2.25. The predicted molar refractivity (Wildman–Crippen MR) is 365 cm³/mol. The molecule has 4 rings (SSSR count). The number of amides is 12. The molecule has 1 fully saturated rings. The van der Waals surface area contributed by atoms with E-state index in [0.717, 1.165) is 6.42 Å². The molecule has 0 saturated carbocycles. The quantitative estimate of drug-likeness (QED) is 0.0400. The van der Waals surface area contributed by atoms with E-state index in [0.29, 0.717) is 16.3 Å². The summed E-state index contributed by atoms with van der Waals surface area (Å²) in [6.07, 6.45) is 0.0672. The Morgan fingerprint density at radius 2 is 1.26 bits per heavy atom. The molecule has 20 N–H and O–H groups in total. The molecule has 14 atom stereocenters. The fourth-order valence-corrected chi connectivity index (χ4v) is 11.9. The van der Waals surface area contributed by atoms with Crippen LogP contribution in [0.15, 0.2) is 47.8 Å². The van der Waals surface area contributed by atoms with Crippen molar-refractivity contribution in [2.24, 2.45) is 45.9 Å². The first-order valence-corrected chi connectivity index (χ1v) is 34.5. The van der Waals surface area contributed by atoms with Gasteiger partial charge in [-0.05, 0) is 80.7 Å². The Morgan fingerprint density at radius 3 is 1.85 bits per heavy atom. The molecule has 0 bridgehead atoms. The zero-order chi connectivity index (χ0) is 73.6. The third-order valence-corrected chi connectivity index (χ3v) is 18.1. The van der Waals surface area contributed by atoms with Gasteiger partial charge in [-0.2, -0.15) is 0 Å². The second kappa shape index (κ2) is 41.4. The number of aliphatic imine (C=N–C) groups is 1. The minimum absolute atomic E-state index is 0.000511. The van der Waals surface area contributed by atoms with Gasteiger partial charge in [0.15, 0.2) is 0 Å². The fourth-order valence-electron chi connectivity index (χ4n) is 10.7. The molecular formula is C65H101N17O16S. The minimum atomic E-state index is -1.94. The first kappa shape index (κ1) is 82.4. The summed E-state index contributed by atoms with van der Waals surface area (Å²) in [5.41, 5.74) is 18.7. The second-order valence-electron chi connectivity index (χ2n) is 25.8. The van der Waals surface area contributed by atoms with Crippen molar-refractivity contribution in [1.82, 2.24) is 68.5 Å². The number of benzene rings is 1. The number of carboxylic acid groups (broad SMARTS) is 2. The zero-order valence-corrected chi connectivity index (χ0v) is 58.3. The van der Waals surface area contributed by atoms with Crippen LogP contribution in [0.2, 0.25) is 0 Å². The van der Waals surface area contributed by atoms with Gasteiger partial charge in [-0.1, -0.05) is 98.6 Å². The summed E-state index contributed by atoms with van der Waals surface area (Å²) in [5.74, 6) is -15.5. The van der Waals surface area contributed by atoms with Gasteiger partial charge < -0.3 is 90.9 Å². The average molecular weight is 1410 g/mol. The smallest absolute Gasteiger partial charge is 0.305 e. The van der Waals surface area contributed by atoms with E-state index < -0.39 is 193 Å². The number of primary amides is 1. The van der Waals surface area contributed by atoms with Gasteiger partial charge in [-0.25, -0.2) is 4.98 Å². The maximum Gasteiger partial charge on any atom is 0.305 e. The predicted octanol–water partition coefficient (Wildman–Crippen LogP) is -2.07. The van der Waals surface area contributed by atoms with E-state index in [-0.39, 0.29) is 88.5 Å². The van der Waals surface area contributed by atoms with Crippen LogP contribution in [-0.2, 0) is 80.0 Å². The molecule has 1 aromatic heterocycles. The lowest BCUT2D eigenvalue weighted by molar-refractivity contribution is -0.142. The molecule has 2 aliphatic heterocycles. The number of rotatable bonds is 30. The van der Waals surface area contributed by atoms with Crippen LogP contribution >= 0.6 is 11.8 Å². The molecule has 2 aliphatic rings. The zero-order valence-electron chi connectivity index (χ0n) is 57.4. The van der Waals surface area contributed by atoms with Gasteiger partial charge in [-0.3, -0.25) is 72.1 Å². The van der Waals surface area contributed by atoms with Crippen LogP contribution < -0.4 is 75.7 Å². The Balaban J connectivity index is 1.76. The summed E-state index contributed by atoms with van der Waals surface area (Å²) in [4.78, 5) is 206. The number of carbonyl (C=O) groups excluding carboxylic acids is 12. The van der Waals surface area contributed by atoms with E-state index in [1.165, 1.54) is 24.3 Å². The maximum absolute atomic E-state index is 14.8. The third-order valence-electron chi connectivity index (χ3n) is 16.9. The summed E-state index contributed by atoms with van der Waals surface area (Å²) in [6, 6.07) is -8.38. The molecule has 2 aromatic rings. The summed E-state index contributed by atoms with van der Waals surface area (Å²) in [5, 5.41) is 48.9. The monoisotopic (exact) mass is 1410 g/mol. The van der Waals surface area contributed by atoms with Gasteiger partial charge in [0, 0.05) is 43.5 Å². The highest BCUT2D eigenvalue weighted by Gasteiger charge is 2.40. The number of hydrogen-bond donors (Lipinski definition) is 17. The van der Waals surface area contributed by atoms with E-state index in [2.05, 4.69) is 73.4 Å². The number of aromatic amines is 1. The average Bonchev–Trinajstić information content (AvgIpc) is 1.62. The summed E-state index contributed by atoms with van der Waals surface area (Å²) in [7, 11) is 0. The topological polar surface area (TPSA) is 531 Å². The van der Waals surface area contributed by atoms with Crippen LogP contribution in [0.25, 0.3) is 0 Å². The van der Waals surface area contributed by atoms with E-state index in [9.17, 15) is 77.3 Å². The number of nitrogens with zero attached hydrogens (tertiary/aromatic N) is 2. The van der Waals surface area contributed by atoms with Crippen molar-refractivity contribution in [3.05, 3.63) is 54.1 Å². The van der Waals surface area contributed by atoms with E-state index >= 15 is 0 Å². The number of carboxylic acids is 2. The van der Waals surface area contributed by atoms with Crippen LogP contribution in [0.3, 0.4) is 0 Å². The number of aliphatic carboxylic acids is 2. The number of aromatic nitrogens is 2. The molecule has 0 unspecified atom stereocenters. The van der Waals surface area contributed by atoms with Crippen molar-refractivity contribution in [2.75, 3.05) is 18.8 Å². The largest absolute Gasteiger partial charge is 0.481 e. The molecular weight excluding hydrogens is 1310 g/mol. The van der Waals surface area contributed by atoms with Gasteiger partial charge in [0.05, 0.1) is 30.3 Å². The molecule has 1 aromatic carbocycles. The first-order valence-electron chi connectivity index (χ1n) is 33.6. The molecule has 3 heterocycles. The van der Waals surface area contributed by atoms with Gasteiger partial charge in [-0.15, -0.1) is 11.8 Å². The van der Waals surface area contributed by atoms with Crippen molar-refractivity contribution < 1.29 is 77.3 Å². The van der Waals surface area contributed by atoms with Crippen LogP contribution in [0.1, 0.15) is 144 Å². The van der Waals surface area contributed by atoms with E-state index in [1.54, 1.807) is 58.0 Å². The number of nitrogens with one attached hydrogen (secondary N) is 12. The van der Waals surface area contributed by atoms with Crippen LogP contribution in [-0.4, -0.2) is 199 Å². The molecule has 548 valence electrons. The van der Waals surface area contributed by atoms with E-state index in [1.807, 2.05) is 27.7 Å². The molecule has 1 saturated heterocycles. The molecule has 99 heavy (non-hydrogen) atoms. The summed E-state index contributed by atoms with van der Waals surface area (Å²) in [6.45, 7) is 13.9. The normalized spacial score (nSPS) is 23.0. The Morgan fingerprint density at radius 1 is 0.667 bits per heavy atom. The number of hydrogen-bond acceptors (Lipinski definition) is 19. The molecule has 0 spiro atoms. The van der Waals surface area contributed by atoms with Crippen molar-refractivity contribution in [3.63, 3.8) is 0 Å². The van der Waals surface area contributed by atoms with Crippen LogP contribution in [0.5, 0.6) is 0 Å². The number of thioether (sulfide) groups is 1. The lowest BCUT2D eigenvalue weighted by atomic mass is 9.96. The van der Waals surface area contributed by atoms with Crippen LogP contribution in [0, 0.1) is 23.7 Å². The van der Waals surface area contributed by atoms with Crippen molar-refractivity contribution in [2.45, 2.75) is 218 Å². The Labute approximate surface area is 579 Å². The van der Waals surface area contributed by atoms with Crippen LogP contribution in [0.4, 0.5) is 0 Å². The van der Waals surface area contributed by atoms with Crippen molar-refractivity contribution >= 4 is 99.6 Å². The fraction of sp³-hybridized carbons (Fsp3) is 0.631. The molecule has 33 nitrogen and oxygen atoms in total. The molecule has 34 heteroatoms. The van der Waals surface area contributed by atoms with Gasteiger partial charge in [0.2, 0.25) is 70.9 Å². The van der Waals surface area contributed by atoms with Gasteiger partial charge in [0.1, 0.15) is 66.5 Å². The van der Waals surface area contributed by atoms with Crippen molar-refractivity contribution in [3.8, 4) is 0 Å². The lowest BCUT2D eigenvalue weighted by Gasteiger charge is -2.30. The molecule has 0 radical (unpaired) electrons. The SMILES string of the molecule is CC[C@@H](C)[C@@H](N)C1=N[C@H](C(=O)N[C@@H](CC(C)C)C(=O)N[C@@H](CCC(=O)O)C(=O)N[C@@H](C(=O)N[C@@H]2CCCCNC(=O)[C@@H](CC(N)=O)NC(=O)[C@@H](CC(=O)O)NC(=O)[C@@H](Cc3cnc[nH]3)NC(=O)[C@@H](Cc3ccccc3)NC(=O)[C@@H](C(C)C)NC(=O)[C@@H](CCCN)NC2=O)[C@@H](C)CC)CS1. The third kappa shape index (κ3) is 27.7. The first-order chi connectivity index (χ1) is 46.8. The van der Waals surface area contributed by atoms with E-state index in [4.69, 9.17) is 17.2 Å². The standard InChI is InChI=1S/C65H101N17O16S/c1-9-35(7)51(68)65-80-47(31-99-65)62(96)75-42(25-33(3)4)58(92)73-41(21-22-49(84)85)57(91)82-53(36(8)10-2)64(98)74-39-19-14-15-24-70-54(88)45(28-48(67)83)77-61(95)46(29-50(86)87)78-60(94)44(27-38-30-69-32-71-38)76-59(93)43(26-37-17-12-11-13-18-37)79-63(97)52(34(5)6)81-56(90)40(20-16-23-66)72-55(39)89/h11-13,17-18,30,32-36,39-47,51-53H,9-10,14-16,19-29,31,66,68H2,1-8H3,(H2,67,83)(H,69,71)(H,70,88)(H,72,89)(H,73,92)(H,74,98)(H,75,96)(H,76,93)(H,77,95)(H,78,94)(H,79,97)(H,81,90)(H,82,91)(H,84,85)(H,86,87)/t35-,36+,39-,40-,41+,42+,43-,44-,45-,46-,47+,51-,52-,53-/m1/s1. The maximum atomic E-state index is 14.8. The number of imidazole rings is 1. The highest BCUT2D eigenvalue weighted by atomic mass is 32.2. The Bertz CT molecular complexity index is 3140. The Hall–Kier alpha value is -9.05. The highest BCUT2D eigenvalue weighted by molar-refractivity contribution is 8.14. The van der Waals surface area contributed by atoms with Crippen molar-refractivity contribution in [1.29, 1.82) is 0 Å². The Kier molecular flexibility index (Phi) is 34.4. The number of carbonyl (C=O) groups is 14.